The zero-order valence-electron chi connectivity index (χ0n) is 15.3. The normalized spacial score (nSPS) is 10.2. The number of ether oxygens (including phenoxy) is 1. The van der Waals surface area contributed by atoms with Crippen LogP contribution < -0.4 is 15.4 Å². The minimum atomic E-state index is -0.616. The summed E-state index contributed by atoms with van der Waals surface area (Å²) >= 11 is 0. The van der Waals surface area contributed by atoms with Gasteiger partial charge >= 0.3 is 0 Å². The van der Waals surface area contributed by atoms with Gasteiger partial charge in [0, 0.05) is 17.4 Å². The maximum Gasteiger partial charge on any atom is 0.258 e. The highest BCUT2D eigenvalue weighted by Crippen LogP contribution is 2.23. The van der Waals surface area contributed by atoms with Crippen LogP contribution in [-0.4, -0.2) is 23.9 Å². The fourth-order valence-electron chi connectivity index (χ4n) is 2.58. The molecule has 2 N–H and O–H groups in total. The van der Waals surface area contributed by atoms with Crippen molar-refractivity contribution in [3.8, 4) is 5.88 Å². The number of benzene rings is 2. The first kappa shape index (κ1) is 19.0. The molecule has 0 spiro atoms. The Bertz CT molecular complexity index is 1040. The molecular weight excluding hydrogens is 361 g/mol. The molecule has 6 nitrogen and oxygen atoms in total. The van der Waals surface area contributed by atoms with Gasteiger partial charge in [-0.3, -0.25) is 9.59 Å². The Balaban J connectivity index is 1.82. The van der Waals surface area contributed by atoms with Crippen LogP contribution in [0.5, 0.6) is 5.88 Å². The lowest BCUT2D eigenvalue weighted by atomic mass is 10.1. The molecule has 1 aromatic heterocycles. The lowest BCUT2D eigenvalue weighted by molar-refractivity contribution is 0.101. The van der Waals surface area contributed by atoms with Gasteiger partial charge in [-0.1, -0.05) is 18.2 Å². The van der Waals surface area contributed by atoms with Gasteiger partial charge < -0.3 is 15.4 Å². The Morgan fingerprint density at radius 1 is 0.964 bits per heavy atom. The van der Waals surface area contributed by atoms with Crippen LogP contribution in [0, 0.1) is 12.7 Å². The van der Waals surface area contributed by atoms with Crippen LogP contribution >= 0.6 is 0 Å². The van der Waals surface area contributed by atoms with E-state index in [-0.39, 0.29) is 11.4 Å². The summed E-state index contributed by atoms with van der Waals surface area (Å²) < 4.78 is 18.9. The van der Waals surface area contributed by atoms with E-state index >= 15 is 0 Å². The number of carbonyl (C=O) groups is 2. The predicted octanol–water partition coefficient (Wildman–Crippen LogP) is 4.04. The van der Waals surface area contributed by atoms with Gasteiger partial charge in [-0.15, -0.1) is 0 Å². The number of hydrogen-bond donors (Lipinski definition) is 2. The molecule has 2 amide bonds. The monoisotopic (exact) mass is 379 g/mol. The van der Waals surface area contributed by atoms with Crippen LogP contribution in [0.2, 0.25) is 0 Å². The summed E-state index contributed by atoms with van der Waals surface area (Å²) in [5, 5.41) is 5.37. The van der Waals surface area contributed by atoms with E-state index in [1.165, 1.54) is 31.4 Å². The first-order chi connectivity index (χ1) is 13.5. The van der Waals surface area contributed by atoms with Gasteiger partial charge in [-0.25, -0.2) is 9.37 Å². The molecule has 0 saturated heterocycles. The Labute approximate surface area is 161 Å². The Morgan fingerprint density at radius 3 is 2.46 bits per heavy atom. The number of aryl methyl sites for hydroxylation is 1. The highest BCUT2D eigenvalue weighted by Gasteiger charge is 2.15. The lowest BCUT2D eigenvalue weighted by Gasteiger charge is -2.12. The minimum Gasteiger partial charge on any atom is -0.480 e. The number of aromatic nitrogens is 1. The molecular formula is C21H18FN3O3. The maximum atomic E-state index is 13.8. The summed E-state index contributed by atoms with van der Waals surface area (Å²) in [5.41, 5.74) is 1.82. The number of nitrogens with zero attached hydrogens (tertiary/aromatic N) is 1. The van der Waals surface area contributed by atoms with Gasteiger partial charge in [0.2, 0.25) is 5.88 Å². The molecule has 0 aliphatic rings. The Hall–Kier alpha value is -3.74. The first-order valence-electron chi connectivity index (χ1n) is 8.46. The molecule has 0 saturated carbocycles. The molecule has 0 bridgehead atoms. The molecule has 0 aliphatic carbocycles. The number of amides is 2. The summed E-state index contributed by atoms with van der Waals surface area (Å²) in [6.07, 6.45) is 1.55. The number of rotatable bonds is 5. The van der Waals surface area contributed by atoms with Crippen molar-refractivity contribution in [1.29, 1.82) is 0 Å². The van der Waals surface area contributed by atoms with Crippen LogP contribution in [0.25, 0.3) is 0 Å². The van der Waals surface area contributed by atoms with Gasteiger partial charge in [-0.05, 0) is 48.9 Å². The quantitative estimate of drug-likeness (QED) is 0.701. The number of hydrogen-bond acceptors (Lipinski definition) is 4. The molecule has 0 atom stereocenters. The van der Waals surface area contributed by atoms with E-state index in [0.717, 1.165) is 5.56 Å². The topological polar surface area (TPSA) is 80.3 Å². The van der Waals surface area contributed by atoms with E-state index in [0.29, 0.717) is 16.9 Å². The fourth-order valence-corrected chi connectivity index (χ4v) is 2.58. The second-order valence-electron chi connectivity index (χ2n) is 5.98. The van der Waals surface area contributed by atoms with E-state index in [2.05, 4.69) is 15.6 Å². The zero-order valence-corrected chi connectivity index (χ0v) is 15.3. The van der Waals surface area contributed by atoms with Crippen molar-refractivity contribution in [2.24, 2.45) is 0 Å². The molecule has 2 aromatic carbocycles. The van der Waals surface area contributed by atoms with Crippen molar-refractivity contribution < 1.29 is 18.7 Å². The van der Waals surface area contributed by atoms with Gasteiger partial charge in [0.25, 0.3) is 11.8 Å². The lowest BCUT2D eigenvalue weighted by Crippen LogP contribution is -2.16. The van der Waals surface area contributed by atoms with Crippen LogP contribution in [0.4, 0.5) is 15.8 Å². The maximum absolute atomic E-state index is 13.8. The van der Waals surface area contributed by atoms with Crippen molar-refractivity contribution in [3.05, 3.63) is 83.3 Å². The van der Waals surface area contributed by atoms with Gasteiger partial charge in [0.05, 0.1) is 12.7 Å². The van der Waals surface area contributed by atoms with Crippen molar-refractivity contribution >= 4 is 23.2 Å². The van der Waals surface area contributed by atoms with Crippen LogP contribution in [-0.2, 0) is 0 Å². The highest BCUT2D eigenvalue weighted by atomic mass is 19.1. The predicted molar refractivity (Wildman–Crippen MR) is 104 cm³/mol. The van der Waals surface area contributed by atoms with Gasteiger partial charge in [0.1, 0.15) is 11.5 Å². The highest BCUT2D eigenvalue weighted by molar-refractivity contribution is 6.08. The molecule has 28 heavy (non-hydrogen) atoms. The average Bonchev–Trinajstić information content (AvgIpc) is 2.70. The Kier molecular flexibility index (Phi) is 5.64. The van der Waals surface area contributed by atoms with E-state index in [4.69, 9.17) is 4.74 Å². The minimum absolute atomic E-state index is 0.0724. The van der Waals surface area contributed by atoms with E-state index in [1.807, 2.05) is 0 Å². The largest absolute Gasteiger partial charge is 0.480 e. The fraction of sp³-hybridized carbons (Fsp3) is 0.0952. The van der Waals surface area contributed by atoms with Crippen LogP contribution in [0.15, 0.2) is 60.8 Å². The van der Waals surface area contributed by atoms with Crippen molar-refractivity contribution in [2.75, 3.05) is 17.7 Å². The van der Waals surface area contributed by atoms with Crippen molar-refractivity contribution in [1.82, 2.24) is 4.98 Å². The third kappa shape index (κ3) is 4.15. The van der Waals surface area contributed by atoms with Crippen molar-refractivity contribution in [2.45, 2.75) is 6.92 Å². The molecule has 0 unspecified atom stereocenters. The average molecular weight is 379 g/mol. The number of halogens is 1. The SMILES string of the molecule is COc1ncccc1NC(=O)c1ccc(C)c(NC(=O)c2ccccc2F)c1. The van der Waals surface area contributed by atoms with Gasteiger partial charge in [0.15, 0.2) is 0 Å². The molecule has 0 fully saturated rings. The number of anilines is 2. The molecule has 0 radical (unpaired) electrons. The van der Waals surface area contributed by atoms with E-state index in [9.17, 15) is 14.0 Å². The molecule has 7 heteroatoms. The van der Waals surface area contributed by atoms with Crippen LogP contribution in [0.1, 0.15) is 26.3 Å². The molecule has 142 valence electrons. The van der Waals surface area contributed by atoms with Crippen LogP contribution in [0.3, 0.4) is 0 Å². The van der Waals surface area contributed by atoms with E-state index < -0.39 is 17.6 Å². The second kappa shape index (κ2) is 8.30. The number of nitrogens with one attached hydrogen (secondary N) is 2. The standard InChI is InChI=1S/C21H18FN3O3/c1-13-9-10-14(19(26)24-17-8-5-11-23-21(17)28-2)12-18(13)25-20(27)15-6-3-4-7-16(15)22/h3-12H,1-2H3,(H,24,26)(H,25,27). The summed E-state index contributed by atoms with van der Waals surface area (Å²) in [6.45, 7) is 1.78. The summed E-state index contributed by atoms with van der Waals surface area (Å²) in [7, 11) is 1.46. The number of methoxy groups -OCH3 is 1. The summed E-state index contributed by atoms with van der Waals surface area (Å²) in [5.74, 6) is -1.31. The first-order valence-corrected chi connectivity index (χ1v) is 8.46. The smallest absolute Gasteiger partial charge is 0.258 e. The number of pyridine rings is 1. The summed E-state index contributed by atoms with van der Waals surface area (Å²) in [6, 6.07) is 13.9. The molecule has 3 rings (SSSR count). The Morgan fingerprint density at radius 2 is 1.71 bits per heavy atom. The summed E-state index contributed by atoms with van der Waals surface area (Å²) in [4.78, 5) is 29.0. The van der Waals surface area contributed by atoms with E-state index in [1.54, 1.807) is 43.5 Å². The molecule has 1 heterocycles. The number of carbonyl (C=O) groups excluding carboxylic acids is 2. The third-order valence-corrected chi connectivity index (χ3v) is 4.08. The second-order valence-corrected chi connectivity index (χ2v) is 5.98. The molecule has 0 aliphatic heterocycles. The van der Waals surface area contributed by atoms with Crippen molar-refractivity contribution in [3.63, 3.8) is 0 Å². The third-order valence-electron chi connectivity index (χ3n) is 4.08. The zero-order chi connectivity index (χ0) is 20.1. The van der Waals surface area contributed by atoms with Gasteiger partial charge in [-0.2, -0.15) is 0 Å². The molecule has 3 aromatic rings.